The molecule has 0 N–H and O–H groups in total. The van der Waals surface area contributed by atoms with Gasteiger partial charge in [-0.2, -0.15) is 9.36 Å². The van der Waals surface area contributed by atoms with Gasteiger partial charge in [0.1, 0.15) is 5.60 Å². The number of carbonyl (C=O) groups is 1. The summed E-state index contributed by atoms with van der Waals surface area (Å²) in [6.45, 7) is 8.49. The first-order valence-corrected chi connectivity index (χ1v) is 7.92. The maximum Gasteiger partial charge on any atom is 0.410 e. The van der Waals surface area contributed by atoms with E-state index in [-0.39, 0.29) is 6.09 Å². The second kappa shape index (κ2) is 5.78. The fraction of sp³-hybridized carbons (Fsp3) is 0.727. The van der Waals surface area contributed by atoms with E-state index in [1.54, 1.807) is 4.90 Å². The molecule has 6 nitrogen and oxygen atoms in total. The van der Waals surface area contributed by atoms with Crippen molar-refractivity contribution in [2.75, 3.05) is 31.1 Å². The van der Waals surface area contributed by atoms with Crippen LogP contribution in [-0.2, 0) is 4.74 Å². The van der Waals surface area contributed by atoms with Crippen LogP contribution in [0.15, 0.2) is 0 Å². The van der Waals surface area contributed by atoms with Gasteiger partial charge >= 0.3 is 6.09 Å². The van der Waals surface area contributed by atoms with Gasteiger partial charge in [0.15, 0.2) is 0 Å². The maximum atomic E-state index is 11.9. The highest BCUT2D eigenvalue weighted by Gasteiger charge is 2.26. The van der Waals surface area contributed by atoms with Gasteiger partial charge in [-0.1, -0.05) is 0 Å². The van der Waals surface area contributed by atoms with E-state index >= 15 is 0 Å². The molecule has 1 aliphatic heterocycles. The number of nitrogens with zero attached hydrogens (tertiary/aromatic N) is 4. The Morgan fingerprint density at radius 1 is 1.32 bits per heavy atom. The Morgan fingerprint density at radius 2 is 1.95 bits per heavy atom. The number of hydrogen-bond acceptors (Lipinski definition) is 6. The smallest absolute Gasteiger partial charge is 0.410 e. The van der Waals surface area contributed by atoms with Crippen molar-refractivity contribution >= 4 is 45.3 Å². The molecule has 106 valence electrons. The molecular formula is C11H17IN4O2S. The lowest BCUT2D eigenvalue weighted by Gasteiger charge is -2.35. The van der Waals surface area contributed by atoms with Crippen LogP contribution in [-0.4, -0.2) is 52.1 Å². The van der Waals surface area contributed by atoms with E-state index in [9.17, 15) is 4.79 Å². The van der Waals surface area contributed by atoms with E-state index in [0.717, 1.165) is 22.1 Å². The summed E-state index contributed by atoms with van der Waals surface area (Å²) in [5.41, 5.74) is -0.441. The van der Waals surface area contributed by atoms with Crippen molar-refractivity contribution in [3.63, 3.8) is 0 Å². The van der Waals surface area contributed by atoms with Crippen LogP contribution in [0.4, 0.5) is 9.93 Å². The molecule has 0 radical (unpaired) electrons. The van der Waals surface area contributed by atoms with Crippen molar-refractivity contribution in [2.45, 2.75) is 26.4 Å². The van der Waals surface area contributed by atoms with E-state index in [0.29, 0.717) is 13.1 Å². The number of carbonyl (C=O) groups excluding carboxylic acids is 1. The lowest BCUT2D eigenvalue weighted by molar-refractivity contribution is 0.0240. The van der Waals surface area contributed by atoms with Crippen LogP contribution in [0.1, 0.15) is 20.8 Å². The predicted octanol–water partition coefficient (Wildman–Crippen LogP) is 2.20. The summed E-state index contributed by atoms with van der Waals surface area (Å²) in [6.07, 6.45) is -0.237. The molecule has 2 rings (SSSR count). The molecule has 1 aromatic rings. The summed E-state index contributed by atoms with van der Waals surface area (Å²) >= 11 is 3.50. The number of hydrogen-bond donors (Lipinski definition) is 0. The number of amides is 1. The van der Waals surface area contributed by atoms with Crippen LogP contribution >= 0.6 is 34.1 Å². The van der Waals surface area contributed by atoms with Gasteiger partial charge in [-0.3, -0.25) is 0 Å². The van der Waals surface area contributed by atoms with Crippen molar-refractivity contribution in [3.05, 3.63) is 3.83 Å². The summed E-state index contributed by atoms with van der Waals surface area (Å²) in [7, 11) is 0. The van der Waals surface area contributed by atoms with Crippen LogP contribution < -0.4 is 4.90 Å². The number of anilines is 1. The second-order valence-electron chi connectivity index (χ2n) is 5.30. The van der Waals surface area contributed by atoms with Gasteiger partial charge < -0.3 is 14.5 Å². The molecule has 0 aromatic carbocycles. The molecule has 1 fully saturated rings. The monoisotopic (exact) mass is 396 g/mol. The lowest BCUT2D eigenvalue weighted by atomic mass is 10.2. The first kappa shape index (κ1) is 14.8. The number of ether oxygens (including phenoxy) is 1. The molecule has 1 aliphatic rings. The third-order valence-electron chi connectivity index (χ3n) is 2.59. The molecule has 1 saturated heterocycles. The summed E-state index contributed by atoms with van der Waals surface area (Å²) in [4.78, 5) is 20.2. The van der Waals surface area contributed by atoms with Gasteiger partial charge in [-0.15, -0.1) is 0 Å². The van der Waals surface area contributed by atoms with Gasteiger partial charge in [-0.05, 0) is 20.8 Å². The number of halogens is 1. The van der Waals surface area contributed by atoms with Gasteiger partial charge in [0.2, 0.25) is 8.96 Å². The van der Waals surface area contributed by atoms with E-state index in [1.165, 1.54) is 11.5 Å². The Morgan fingerprint density at radius 3 is 2.42 bits per heavy atom. The minimum absolute atomic E-state index is 0.237. The van der Waals surface area contributed by atoms with Crippen LogP contribution in [0, 0.1) is 3.83 Å². The van der Waals surface area contributed by atoms with Gasteiger partial charge in [0, 0.05) is 60.3 Å². The van der Waals surface area contributed by atoms with Crippen LogP contribution in [0.3, 0.4) is 0 Å². The molecule has 0 aliphatic carbocycles. The highest BCUT2D eigenvalue weighted by atomic mass is 127. The minimum Gasteiger partial charge on any atom is -0.444 e. The normalized spacial score (nSPS) is 16.6. The zero-order chi connectivity index (χ0) is 14.0. The molecule has 0 atom stereocenters. The van der Waals surface area contributed by atoms with Crippen molar-refractivity contribution < 1.29 is 9.53 Å². The zero-order valence-corrected chi connectivity index (χ0v) is 14.2. The highest BCUT2D eigenvalue weighted by Crippen LogP contribution is 2.20. The molecule has 8 heteroatoms. The number of rotatable bonds is 1. The summed E-state index contributed by atoms with van der Waals surface area (Å²) in [6, 6.07) is 0. The van der Waals surface area contributed by atoms with Gasteiger partial charge in [0.25, 0.3) is 0 Å². The second-order valence-corrected chi connectivity index (χ2v) is 7.00. The maximum absolute atomic E-state index is 11.9. The van der Waals surface area contributed by atoms with Gasteiger partial charge in [-0.25, -0.2) is 4.79 Å². The number of aromatic nitrogens is 2. The van der Waals surface area contributed by atoms with Crippen molar-refractivity contribution in [3.8, 4) is 0 Å². The molecule has 1 aromatic heterocycles. The Bertz CT molecular complexity index is 452. The average molecular weight is 396 g/mol. The summed E-state index contributed by atoms with van der Waals surface area (Å²) in [5.74, 6) is 0. The molecule has 0 saturated carbocycles. The third-order valence-corrected chi connectivity index (χ3v) is 4.18. The average Bonchev–Trinajstić information content (AvgIpc) is 2.74. The van der Waals surface area contributed by atoms with E-state index in [1.807, 2.05) is 20.8 Å². The Kier molecular flexibility index (Phi) is 4.49. The molecule has 1 amide bonds. The van der Waals surface area contributed by atoms with Crippen molar-refractivity contribution in [2.24, 2.45) is 0 Å². The van der Waals surface area contributed by atoms with Crippen LogP contribution in [0.5, 0.6) is 0 Å². The fourth-order valence-corrected chi connectivity index (χ4v) is 3.04. The van der Waals surface area contributed by atoms with Gasteiger partial charge in [0.05, 0.1) is 0 Å². The van der Waals surface area contributed by atoms with Crippen LogP contribution in [0.25, 0.3) is 0 Å². The molecule has 2 heterocycles. The zero-order valence-electron chi connectivity index (χ0n) is 11.2. The highest BCUT2D eigenvalue weighted by molar-refractivity contribution is 14.1. The largest absolute Gasteiger partial charge is 0.444 e. The molecule has 0 unspecified atom stereocenters. The topological polar surface area (TPSA) is 58.6 Å². The SMILES string of the molecule is CC(C)(C)OC(=O)N1CCN(c2nc(I)ns2)CC1. The lowest BCUT2D eigenvalue weighted by Crippen LogP contribution is -2.50. The fourth-order valence-electron chi connectivity index (χ4n) is 1.73. The molecular weight excluding hydrogens is 379 g/mol. The Labute approximate surface area is 130 Å². The number of piperazine rings is 1. The van der Waals surface area contributed by atoms with Crippen molar-refractivity contribution in [1.82, 2.24) is 14.3 Å². The molecule has 0 spiro atoms. The molecule has 0 bridgehead atoms. The van der Waals surface area contributed by atoms with E-state index < -0.39 is 5.60 Å². The quantitative estimate of drug-likeness (QED) is 0.682. The summed E-state index contributed by atoms with van der Waals surface area (Å²) in [5, 5.41) is 0.924. The predicted molar refractivity (Wildman–Crippen MR) is 82.6 cm³/mol. The Balaban J connectivity index is 1.87. The molecule has 19 heavy (non-hydrogen) atoms. The third kappa shape index (κ3) is 4.16. The minimum atomic E-state index is -0.441. The van der Waals surface area contributed by atoms with E-state index in [2.05, 4.69) is 36.8 Å². The Hall–Kier alpha value is -0.640. The van der Waals surface area contributed by atoms with Crippen molar-refractivity contribution in [1.29, 1.82) is 0 Å². The van der Waals surface area contributed by atoms with Crippen LogP contribution in [0.2, 0.25) is 0 Å². The first-order valence-electron chi connectivity index (χ1n) is 6.07. The summed E-state index contributed by atoms with van der Waals surface area (Å²) < 4.78 is 10.3. The first-order chi connectivity index (χ1) is 8.85. The van der Waals surface area contributed by atoms with E-state index in [4.69, 9.17) is 4.74 Å². The standard InChI is InChI=1S/C11H17IN4O2S/c1-11(2,3)18-10(17)16-6-4-15(5-7-16)9-13-8(12)14-19-9/h4-7H2,1-3H3.